The molecule has 7 nitrogen and oxygen atoms in total. The van der Waals surface area contributed by atoms with Crippen LogP contribution >= 0.6 is 0 Å². The summed E-state index contributed by atoms with van der Waals surface area (Å²) in [6.07, 6.45) is 0. The van der Waals surface area contributed by atoms with Crippen LogP contribution in [-0.4, -0.2) is 63.4 Å². The first-order valence-corrected chi connectivity index (χ1v) is 11.2. The average Bonchev–Trinajstić information content (AvgIpc) is 3.16. The lowest BCUT2D eigenvalue weighted by molar-refractivity contribution is -0.131. The van der Waals surface area contributed by atoms with Gasteiger partial charge in [-0.05, 0) is 48.2 Å². The first-order valence-electron chi connectivity index (χ1n) is 11.2. The molecule has 7 heteroatoms. The van der Waals surface area contributed by atoms with E-state index in [9.17, 15) is 19.5 Å². The number of nitrogens with zero attached hydrogens (tertiary/aromatic N) is 3. The van der Waals surface area contributed by atoms with Crippen LogP contribution in [0.4, 0.5) is 4.79 Å². The van der Waals surface area contributed by atoms with Gasteiger partial charge in [-0.1, -0.05) is 44.2 Å². The van der Waals surface area contributed by atoms with Crippen LogP contribution in [0.1, 0.15) is 49.2 Å². The number of hydrogen-bond donors (Lipinski definition) is 1. The van der Waals surface area contributed by atoms with Crippen molar-refractivity contribution >= 4 is 17.8 Å². The molecule has 174 valence electrons. The molecule has 33 heavy (non-hydrogen) atoms. The normalized spacial score (nSPS) is 17.9. The molecular formula is C26H31N3O4. The second kappa shape index (κ2) is 7.99. The highest BCUT2D eigenvalue weighted by molar-refractivity contribution is 6.06. The van der Waals surface area contributed by atoms with Gasteiger partial charge in [0.25, 0.3) is 11.8 Å². The standard InChI is InChI=1S/C26H31N3O4/c1-25(2,16-30)15-28-14-20-12-19(10-11-21(20)22(28)31)18-8-6-17(7-9-18)13-29-24(33)27(5)23(32)26(29,3)4/h6-12,30H,13-16H2,1-5H3. The van der Waals surface area contributed by atoms with Crippen LogP contribution in [0.5, 0.6) is 0 Å². The topological polar surface area (TPSA) is 81.2 Å². The van der Waals surface area contributed by atoms with E-state index in [4.69, 9.17) is 0 Å². The molecule has 0 saturated carbocycles. The van der Waals surface area contributed by atoms with Crippen LogP contribution in [0, 0.1) is 5.41 Å². The Balaban J connectivity index is 1.51. The molecule has 1 N–H and O–H groups in total. The van der Waals surface area contributed by atoms with E-state index in [-0.39, 0.29) is 29.9 Å². The first kappa shape index (κ1) is 23.0. The molecule has 4 amide bonds. The van der Waals surface area contributed by atoms with Crippen molar-refractivity contribution in [2.45, 2.75) is 46.3 Å². The lowest BCUT2D eigenvalue weighted by Gasteiger charge is -2.28. The van der Waals surface area contributed by atoms with Crippen LogP contribution in [-0.2, 0) is 17.9 Å². The van der Waals surface area contributed by atoms with Crippen LogP contribution in [0.15, 0.2) is 42.5 Å². The average molecular weight is 450 g/mol. The quantitative estimate of drug-likeness (QED) is 0.685. The fourth-order valence-corrected chi connectivity index (χ4v) is 4.54. The van der Waals surface area contributed by atoms with E-state index in [2.05, 4.69) is 6.07 Å². The number of carbonyl (C=O) groups excluding carboxylic acids is 3. The number of rotatable bonds is 6. The number of fused-ring (bicyclic) bond motifs is 1. The summed E-state index contributed by atoms with van der Waals surface area (Å²) < 4.78 is 0. The summed E-state index contributed by atoms with van der Waals surface area (Å²) in [6.45, 7) is 8.85. The zero-order valence-corrected chi connectivity index (χ0v) is 19.9. The number of urea groups is 1. The van der Waals surface area contributed by atoms with Gasteiger partial charge in [0.2, 0.25) is 0 Å². The number of amides is 4. The SMILES string of the molecule is CN1C(=O)N(Cc2ccc(-c3ccc4c(c3)CN(CC(C)(C)CO)C4=O)cc2)C(C)(C)C1=O. The number of aliphatic hydroxyl groups excluding tert-OH is 1. The molecule has 2 aromatic carbocycles. The maximum absolute atomic E-state index is 12.8. The minimum Gasteiger partial charge on any atom is -0.396 e. The molecule has 0 radical (unpaired) electrons. The third-order valence-electron chi connectivity index (χ3n) is 6.68. The summed E-state index contributed by atoms with van der Waals surface area (Å²) in [5.41, 5.74) is 3.47. The first-order chi connectivity index (χ1) is 15.4. The van der Waals surface area contributed by atoms with Crippen molar-refractivity contribution in [3.05, 3.63) is 59.2 Å². The van der Waals surface area contributed by atoms with Crippen molar-refractivity contribution in [1.82, 2.24) is 14.7 Å². The highest BCUT2D eigenvalue weighted by Crippen LogP contribution is 2.32. The predicted molar refractivity (Wildman–Crippen MR) is 125 cm³/mol. The molecule has 0 bridgehead atoms. The Morgan fingerprint density at radius 1 is 1.00 bits per heavy atom. The molecule has 0 spiro atoms. The number of benzene rings is 2. The summed E-state index contributed by atoms with van der Waals surface area (Å²) >= 11 is 0. The van der Waals surface area contributed by atoms with Crippen molar-refractivity contribution in [2.24, 2.45) is 5.41 Å². The highest BCUT2D eigenvalue weighted by Gasteiger charge is 2.49. The zero-order chi connectivity index (χ0) is 24.1. The molecule has 1 saturated heterocycles. The summed E-state index contributed by atoms with van der Waals surface area (Å²) in [5.74, 6) is -0.195. The Morgan fingerprint density at radius 2 is 1.64 bits per heavy atom. The van der Waals surface area contributed by atoms with Crippen LogP contribution in [0.2, 0.25) is 0 Å². The molecular weight excluding hydrogens is 418 g/mol. The predicted octanol–water partition coefficient (Wildman–Crippen LogP) is 3.50. The van der Waals surface area contributed by atoms with Gasteiger partial charge in [0.05, 0.1) is 0 Å². The van der Waals surface area contributed by atoms with E-state index in [0.29, 0.717) is 25.2 Å². The van der Waals surface area contributed by atoms with Crippen molar-refractivity contribution in [2.75, 3.05) is 20.2 Å². The fraction of sp³-hybridized carbons (Fsp3) is 0.423. The van der Waals surface area contributed by atoms with Gasteiger partial charge in [-0.3, -0.25) is 14.5 Å². The summed E-state index contributed by atoms with van der Waals surface area (Å²) in [4.78, 5) is 42.1. The molecule has 0 atom stereocenters. The molecule has 0 unspecified atom stereocenters. The van der Waals surface area contributed by atoms with Gasteiger partial charge in [-0.15, -0.1) is 0 Å². The van der Waals surface area contributed by atoms with Crippen molar-refractivity contribution in [1.29, 1.82) is 0 Å². The number of hydrogen-bond acceptors (Lipinski definition) is 4. The summed E-state index contributed by atoms with van der Waals surface area (Å²) in [5, 5.41) is 9.55. The maximum Gasteiger partial charge on any atom is 0.327 e. The Hall–Kier alpha value is -3.19. The van der Waals surface area contributed by atoms with E-state index >= 15 is 0 Å². The smallest absolute Gasteiger partial charge is 0.327 e. The Labute approximate surface area is 194 Å². The van der Waals surface area contributed by atoms with E-state index in [1.165, 1.54) is 11.9 Å². The summed E-state index contributed by atoms with van der Waals surface area (Å²) in [7, 11) is 1.51. The van der Waals surface area contributed by atoms with Gasteiger partial charge in [-0.25, -0.2) is 4.79 Å². The van der Waals surface area contributed by atoms with E-state index in [1.807, 2.05) is 50.2 Å². The van der Waals surface area contributed by atoms with Crippen LogP contribution in [0.3, 0.4) is 0 Å². The van der Waals surface area contributed by atoms with Gasteiger partial charge >= 0.3 is 6.03 Å². The number of aliphatic hydroxyl groups is 1. The van der Waals surface area contributed by atoms with Gasteiger partial charge < -0.3 is 14.9 Å². The molecule has 4 rings (SSSR count). The van der Waals surface area contributed by atoms with Crippen molar-refractivity contribution in [3.63, 3.8) is 0 Å². The second-order valence-corrected chi connectivity index (χ2v) is 10.3. The number of imide groups is 1. The third kappa shape index (κ3) is 4.02. The molecule has 2 aromatic rings. The number of likely N-dealkylation sites (N-methyl/N-ethyl adjacent to an activating group) is 1. The largest absolute Gasteiger partial charge is 0.396 e. The Kier molecular flexibility index (Phi) is 5.56. The van der Waals surface area contributed by atoms with Gasteiger partial charge in [0.15, 0.2) is 0 Å². The van der Waals surface area contributed by atoms with Crippen molar-refractivity contribution in [3.8, 4) is 11.1 Å². The van der Waals surface area contributed by atoms with E-state index < -0.39 is 5.54 Å². The van der Waals surface area contributed by atoms with E-state index in [0.717, 1.165) is 22.3 Å². The lowest BCUT2D eigenvalue weighted by Crippen LogP contribution is -2.43. The minimum absolute atomic E-state index is 0.00540. The Morgan fingerprint density at radius 3 is 2.21 bits per heavy atom. The second-order valence-electron chi connectivity index (χ2n) is 10.3. The third-order valence-corrected chi connectivity index (χ3v) is 6.68. The van der Waals surface area contributed by atoms with Gasteiger partial charge in [-0.2, -0.15) is 0 Å². The van der Waals surface area contributed by atoms with Gasteiger partial charge in [0, 0.05) is 44.3 Å². The molecule has 2 aliphatic heterocycles. The van der Waals surface area contributed by atoms with E-state index in [1.54, 1.807) is 23.6 Å². The monoisotopic (exact) mass is 449 g/mol. The fourth-order valence-electron chi connectivity index (χ4n) is 4.54. The van der Waals surface area contributed by atoms with Crippen LogP contribution in [0.25, 0.3) is 11.1 Å². The maximum atomic E-state index is 12.8. The lowest BCUT2D eigenvalue weighted by atomic mass is 9.94. The zero-order valence-electron chi connectivity index (χ0n) is 19.9. The number of carbonyl (C=O) groups is 3. The molecule has 0 aliphatic carbocycles. The summed E-state index contributed by atoms with van der Waals surface area (Å²) in [6, 6.07) is 13.5. The molecule has 1 fully saturated rings. The van der Waals surface area contributed by atoms with Crippen molar-refractivity contribution < 1.29 is 19.5 Å². The van der Waals surface area contributed by atoms with Crippen LogP contribution < -0.4 is 0 Å². The van der Waals surface area contributed by atoms with Gasteiger partial charge in [0.1, 0.15) is 5.54 Å². The molecule has 2 heterocycles. The Bertz CT molecular complexity index is 1120. The minimum atomic E-state index is -0.868. The highest BCUT2D eigenvalue weighted by atomic mass is 16.3. The molecule has 2 aliphatic rings. The molecule has 0 aromatic heterocycles.